The van der Waals surface area contributed by atoms with Crippen LogP contribution in [-0.2, 0) is 13.0 Å². The lowest BCUT2D eigenvalue weighted by Gasteiger charge is -2.13. The van der Waals surface area contributed by atoms with Gasteiger partial charge in [-0.15, -0.1) is 0 Å². The van der Waals surface area contributed by atoms with Gasteiger partial charge in [-0.3, -0.25) is 0 Å². The van der Waals surface area contributed by atoms with E-state index in [0.29, 0.717) is 24.3 Å². The number of halogens is 1. The standard InChI is InChI=1S/C16H17FO2/c1-12(18)9-14-10-15(17)7-8-16(14)19-11-13-5-3-2-4-6-13/h2-8,10,12,18H,9,11H2,1H3/t12-/m1/s1. The van der Waals surface area contributed by atoms with Gasteiger partial charge in [0.05, 0.1) is 6.10 Å². The molecule has 0 fully saturated rings. The van der Waals surface area contributed by atoms with E-state index in [2.05, 4.69) is 0 Å². The van der Waals surface area contributed by atoms with Crippen LogP contribution in [0.2, 0.25) is 0 Å². The zero-order chi connectivity index (χ0) is 13.7. The molecule has 2 aromatic carbocycles. The molecule has 2 rings (SSSR count). The first-order chi connectivity index (χ1) is 9.15. The zero-order valence-electron chi connectivity index (χ0n) is 10.8. The second kappa shape index (κ2) is 6.34. The summed E-state index contributed by atoms with van der Waals surface area (Å²) < 4.78 is 18.9. The van der Waals surface area contributed by atoms with Gasteiger partial charge in [0.1, 0.15) is 18.2 Å². The van der Waals surface area contributed by atoms with Crippen LogP contribution in [0.1, 0.15) is 18.1 Å². The molecule has 0 amide bonds. The lowest BCUT2D eigenvalue weighted by Crippen LogP contribution is -2.07. The quantitative estimate of drug-likeness (QED) is 0.893. The molecule has 1 N–H and O–H groups in total. The van der Waals surface area contributed by atoms with E-state index in [0.717, 1.165) is 5.56 Å². The minimum Gasteiger partial charge on any atom is -0.489 e. The first kappa shape index (κ1) is 13.6. The van der Waals surface area contributed by atoms with Crippen molar-refractivity contribution in [2.24, 2.45) is 0 Å². The molecule has 0 aliphatic rings. The Balaban J connectivity index is 2.11. The van der Waals surface area contributed by atoms with Crippen LogP contribution in [0.3, 0.4) is 0 Å². The van der Waals surface area contributed by atoms with Crippen molar-refractivity contribution in [2.45, 2.75) is 26.1 Å². The van der Waals surface area contributed by atoms with Crippen molar-refractivity contribution in [1.29, 1.82) is 0 Å². The molecular weight excluding hydrogens is 243 g/mol. The molecule has 1 atom stereocenters. The number of benzene rings is 2. The second-order valence-electron chi connectivity index (χ2n) is 4.58. The molecule has 0 aliphatic carbocycles. The molecule has 3 heteroatoms. The Morgan fingerprint density at radius 3 is 2.58 bits per heavy atom. The molecule has 100 valence electrons. The highest BCUT2D eigenvalue weighted by Crippen LogP contribution is 2.22. The molecule has 0 saturated carbocycles. The van der Waals surface area contributed by atoms with E-state index in [1.807, 2.05) is 30.3 Å². The van der Waals surface area contributed by atoms with Crippen LogP contribution in [0, 0.1) is 5.82 Å². The molecule has 19 heavy (non-hydrogen) atoms. The van der Waals surface area contributed by atoms with Crippen molar-refractivity contribution in [2.75, 3.05) is 0 Å². The second-order valence-corrected chi connectivity index (χ2v) is 4.58. The molecule has 0 aliphatic heterocycles. The zero-order valence-corrected chi connectivity index (χ0v) is 10.8. The molecule has 0 aromatic heterocycles. The van der Waals surface area contributed by atoms with Crippen LogP contribution in [0.25, 0.3) is 0 Å². The van der Waals surface area contributed by atoms with Crippen molar-refractivity contribution in [3.8, 4) is 5.75 Å². The Morgan fingerprint density at radius 2 is 1.89 bits per heavy atom. The number of ether oxygens (including phenoxy) is 1. The van der Waals surface area contributed by atoms with Gasteiger partial charge in [-0.05, 0) is 36.2 Å². The summed E-state index contributed by atoms with van der Waals surface area (Å²) in [5, 5.41) is 9.43. The third-order valence-corrected chi connectivity index (χ3v) is 2.78. The van der Waals surface area contributed by atoms with Gasteiger partial charge in [0.2, 0.25) is 0 Å². The summed E-state index contributed by atoms with van der Waals surface area (Å²) in [6.07, 6.45) is -0.150. The third kappa shape index (κ3) is 4.07. The number of aliphatic hydroxyl groups is 1. The SMILES string of the molecule is C[C@@H](O)Cc1cc(F)ccc1OCc1ccccc1. The highest BCUT2D eigenvalue weighted by Gasteiger charge is 2.08. The topological polar surface area (TPSA) is 29.5 Å². The highest BCUT2D eigenvalue weighted by molar-refractivity contribution is 5.34. The van der Waals surface area contributed by atoms with Crippen molar-refractivity contribution in [1.82, 2.24) is 0 Å². The lowest BCUT2D eigenvalue weighted by molar-refractivity contribution is 0.193. The van der Waals surface area contributed by atoms with Crippen molar-refractivity contribution < 1.29 is 14.2 Å². The Bertz CT molecular complexity index is 524. The number of hydrogen-bond donors (Lipinski definition) is 1. The average molecular weight is 260 g/mol. The fourth-order valence-electron chi connectivity index (χ4n) is 1.90. The minimum atomic E-state index is -0.527. The lowest BCUT2D eigenvalue weighted by atomic mass is 10.1. The van der Waals surface area contributed by atoms with Gasteiger partial charge in [0, 0.05) is 6.42 Å². The van der Waals surface area contributed by atoms with E-state index in [4.69, 9.17) is 4.74 Å². The van der Waals surface area contributed by atoms with Gasteiger partial charge in [0.25, 0.3) is 0 Å². The predicted octanol–water partition coefficient (Wildman–Crippen LogP) is 3.33. The molecular formula is C16H17FO2. The summed E-state index contributed by atoms with van der Waals surface area (Å²) in [5.74, 6) is 0.300. The first-order valence-corrected chi connectivity index (χ1v) is 6.28. The Kier molecular flexibility index (Phi) is 4.53. The van der Waals surface area contributed by atoms with Gasteiger partial charge in [-0.2, -0.15) is 0 Å². The summed E-state index contributed by atoms with van der Waals surface area (Å²) in [5.41, 5.74) is 1.74. The van der Waals surface area contributed by atoms with E-state index in [9.17, 15) is 9.50 Å². The fraction of sp³-hybridized carbons (Fsp3) is 0.250. The van der Waals surface area contributed by atoms with E-state index in [1.165, 1.54) is 12.1 Å². The maximum absolute atomic E-state index is 13.2. The maximum atomic E-state index is 13.2. The van der Waals surface area contributed by atoms with Crippen LogP contribution < -0.4 is 4.74 Å². The Morgan fingerprint density at radius 1 is 1.16 bits per heavy atom. The Hall–Kier alpha value is -1.87. The minimum absolute atomic E-state index is 0.317. The number of rotatable bonds is 5. The third-order valence-electron chi connectivity index (χ3n) is 2.78. The van der Waals surface area contributed by atoms with Crippen LogP contribution in [0.15, 0.2) is 48.5 Å². The summed E-state index contributed by atoms with van der Waals surface area (Å²) in [6.45, 7) is 2.10. The van der Waals surface area contributed by atoms with Crippen molar-refractivity contribution >= 4 is 0 Å². The van der Waals surface area contributed by atoms with Gasteiger partial charge >= 0.3 is 0 Å². The molecule has 2 nitrogen and oxygen atoms in total. The molecule has 0 spiro atoms. The smallest absolute Gasteiger partial charge is 0.123 e. The van der Waals surface area contributed by atoms with Crippen LogP contribution in [0.4, 0.5) is 4.39 Å². The van der Waals surface area contributed by atoms with E-state index in [1.54, 1.807) is 13.0 Å². The molecule has 0 unspecified atom stereocenters. The van der Waals surface area contributed by atoms with E-state index < -0.39 is 6.10 Å². The van der Waals surface area contributed by atoms with E-state index in [-0.39, 0.29) is 5.82 Å². The molecule has 0 heterocycles. The van der Waals surface area contributed by atoms with E-state index >= 15 is 0 Å². The van der Waals surface area contributed by atoms with Crippen molar-refractivity contribution in [3.63, 3.8) is 0 Å². The normalized spacial score (nSPS) is 12.2. The number of hydrogen-bond acceptors (Lipinski definition) is 2. The molecule has 0 bridgehead atoms. The molecule has 2 aromatic rings. The summed E-state index contributed by atoms with van der Waals surface area (Å²) >= 11 is 0. The maximum Gasteiger partial charge on any atom is 0.123 e. The highest BCUT2D eigenvalue weighted by atomic mass is 19.1. The Labute approximate surface area is 112 Å². The van der Waals surface area contributed by atoms with Gasteiger partial charge < -0.3 is 9.84 Å². The largest absolute Gasteiger partial charge is 0.489 e. The monoisotopic (exact) mass is 260 g/mol. The summed E-state index contributed by atoms with van der Waals surface area (Å²) in [7, 11) is 0. The summed E-state index contributed by atoms with van der Waals surface area (Å²) in [4.78, 5) is 0. The number of aliphatic hydroxyl groups excluding tert-OH is 1. The fourth-order valence-corrected chi connectivity index (χ4v) is 1.90. The van der Waals surface area contributed by atoms with Crippen LogP contribution >= 0.6 is 0 Å². The molecule has 0 saturated heterocycles. The van der Waals surface area contributed by atoms with Gasteiger partial charge in [-0.25, -0.2) is 4.39 Å². The van der Waals surface area contributed by atoms with Crippen LogP contribution in [-0.4, -0.2) is 11.2 Å². The molecule has 0 radical (unpaired) electrons. The van der Waals surface area contributed by atoms with Gasteiger partial charge in [0.15, 0.2) is 0 Å². The first-order valence-electron chi connectivity index (χ1n) is 6.28. The van der Waals surface area contributed by atoms with Crippen LogP contribution in [0.5, 0.6) is 5.75 Å². The average Bonchev–Trinajstić information content (AvgIpc) is 2.38. The predicted molar refractivity (Wildman–Crippen MR) is 72.6 cm³/mol. The van der Waals surface area contributed by atoms with Gasteiger partial charge in [-0.1, -0.05) is 30.3 Å². The van der Waals surface area contributed by atoms with Crippen molar-refractivity contribution in [3.05, 3.63) is 65.5 Å². The summed E-state index contributed by atoms with van der Waals surface area (Å²) in [6, 6.07) is 14.2.